The number of nitrogens with one attached hydrogen (secondary N) is 1. The maximum atomic E-state index is 6.50. The van der Waals surface area contributed by atoms with Crippen LogP contribution in [0.25, 0.3) is 10.2 Å². The summed E-state index contributed by atoms with van der Waals surface area (Å²) in [7, 11) is 0. The van der Waals surface area contributed by atoms with E-state index >= 15 is 0 Å². The lowest BCUT2D eigenvalue weighted by Gasteiger charge is -2.06. The fraction of sp³-hybridized carbons (Fsp3) is 0.333. The van der Waals surface area contributed by atoms with E-state index in [1.807, 2.05) is 25.4 Å². The van der Waals surface area contributed by atoms with Gasteiger partial charge in [0.2, 0.25) is 0 Å². The summed E-state index contributed by atoms with van der Waals surface area (Å²) in [5.41, 5.74) is 8.78. The third-order valence-electron chi connectivity index (χ3n) is 3.20. The molecule has 0 bridgehead atoms. The Kier molecular flexibility index (Phi) is 4.63. The normalized spacial score (nSPS) is 12.7. The molecule has 3 N–H and O–H groups in total. The van der Waals surface area contributed by atoms with E-state index in [-0.39, 0.29) is 6.04 Å². The lowest BCUT2D eigenvalue weighted by molar-refractivity contribution is 0.747. The van der Waals surface area contributed by atoms with Gasteiger partial charge in [-0.3, -0.25) is 4.98 Å². The van der Waals surface area contributed by atoms with Gasteiger partial charge in [-0.1, -0.05) is 11.6 Å². The fourth-order valence-electron chi connectivity index (χ4n) is 2.28. The number of hydrogen-bond donors (Lipinski definition) is 2. The van der Waals surface area contributed by atoms with Gasteiger partial charge in [0.1, 0.15) is 10.5 Å². The predicted octanol–water partition coefficient (Wildman–Crippen LogP) is 4.22. The second-order valence-electron chi connectivity index (χ2n) is 5.29. The number of thiophene rings is 1. The van der Waals surface area contributed by atoms with Crippen molar-refractivity contribution in [1.82, 2.24) is 9.97 Å². The Morgan fingerprint density at radius 1 is 1.45 bits per heavy atom. The summed E-state index contributed by atoms with van der Waals surface area (Å²) in [4.78, 5) is 9.99. The molecule has 0 amide bonds. The number of nitrogens with two attached hydrogens (primary N) is 1. The number of nitrogens with zero attached hydrogens (tertiary/aromatic N) is 2. The van der Waals surface area contributed by atoms with Crippen LogP contribution in [0.15, 0.2) is 17.6 Å². The first-order valence-corrected chi connectivity index (χ1v) is 9.08. The first kappa shape index (κ1) is 15.7. The average molecular weight is 353 g/mol. The van der Waals surface area contributed by atoms with Crippen molar-refractivity contribution in [3.63, 3.8) is 0 Å². The second kappa shape index (κ2) is 6.50. The van der Waals surface area contributed by atoms with E-state index in [4.69, 9.17) is 17.3 Å². The van der Waals surface area contributed by atoms with Crippen molar-refractivity contribution in [1.29, 1.82) is 0 Å². The highest BCUT2D eigenvalue weighted by atomic mass is 35.5. The van der Waals surface area contributed by atoms with E-state index in [0.29, 0.717) is 6.54 Å². The average Bonchev–Trinajstić information content (AvgIpc) is 3.07. The number of anilines is 1. The van der Waals surface area contributed by atoms with Crippen LogP contribution in [0.5, 0.6) is 0 Å². The number of aryl methyl sites for hydroxylation is 1. The quantitative estimate of drug-likeness (QED) is 0.721. The van der Waals surface area contributed by atoms with E-state index in [1.165, 1.54) is 0 Å². The van der Waals surface area contributed by atoms with Crippen molar-refractivity contribution in [3.05, 3.63) is 38.2 Å². The Balaban J connectivity index is 1.98. The highest BCUT2D eigenvalue weighted by Gasteiger charge is 2.16. The number of rotatable bonds is 5. The van der Waals surface area contributed by atoms with E-state index in [1.54, 1.807) is 22.7 Å². The van der Waals surface area contributed by atoms with Gasteiger partial charge < -0.3 is 11.1 Å². The summed E-state index contributed by atoms with van der Waals surface area (Å²) in [6, 6.07) is 2.14. The van der Waals surface area contributed by atoms with Gasteiger partial charge in [0, 0.05) is 28.2 Å². The molecule has 0 saturated carbocycles. The Morgan fingerprint density at radius 3 is 2.95 bits per heavy atom. The lowest BCUT2D eigenvalue weighted by Crippen LogP contribution is -2.17. The smallest absolute Gasteiger partial charge is 0.112 e. The number of aromatic nitrogens is 2. The van der Waals surface area contributed by atoms with E-state index in [9.17, 15) is 0 Å². The molecule has 0 fully saturated rings. The number of thiazole rings is 1. The lowest BCUT2D eigenvalue weighted by atomic mass is 10.2. The van der Waals surface area contributed by atoms with Crippen LogP contribution in [0, 0.1) is 6.92 Å². The molecule has 0 saturated heterocycles. The molecule has 3 aromatic heterocycles. The Labute approximate surface area is 142 Å². The first-order valence-electron chi connectivity index (χ1n) is 7.01. The Bertz CT molecular complexity index is 781. The molecule has 3 rings (SSSR count). The number of fused-ring (bicyclic) bond motifs is 1. The molecule has 22 heavy (non-hydrogen) atoms. The number of pyridine rings is 1. The molecule has 0 spiro atoms. The predicted molar refractivity (Wildman–Crippen MR) is 96.2 cm³/mol. The highest BCUT2D eigenvalue weighted by Crippen LogP contribution is 2.39. The molecule has 1 atom stereocenters. The minimum atomic E-state index is 0.0818. The SMILES string of the molecule is Cc1cc(NCc2nccs2)c2sc(C[C@H](C)N)c(Cl)c2n1. The van der Waals surface area contributed by atoms with Crippen molar-refractivity contribution >= 4 is 50.2 Å². The van der Waals surface area contributed by atoms with E-state index in [2.05, 4.69) is 21.4 Å². The number of halogens is 1. The van der Waals surface area contributed by atoms with Gasteiger partial charge >= 0.3 is 0 Å². The molecule has 7 heteroatoms. The first-order chi connectivity index (χ1) is 10.5. The molecule has 0 radical (unpaired) electrons. The summed E-state index contributed by atoms with van der Waals surface area (Å²) in [5.74, 6) is 0. The standard InChI is InChI=1S/C15H17ClN4S2/c1-8(17)5-11-13(16)14-15(22-11)10(6-9(2)20-14)19-7-12-18-3-4-21-12/h3-4,6,8H,5,7,17H2,1-2H3,(H,19,20)/t8-/m0/s1. The van der Waals surface area contributed by atoms with Gasteiger partial charge in [-0.2, -0.15) is 0 Å². The van der Waals surface area contributed by atoms with Crippen LogP contribution >= 0.6 is 34.3 Å². The maximum Gasteiger partial charge on any atom is 0.112 e. The second-order valence-corrected chi connectivity index (χ2v) is 7.75. The monoisotopic (exact) mass is 352 g/mol. The molecule has 0 unspecified atom stereocenters. The Morgan fingerprint density at radius 2 is 2.27 bits per heavy atom. The van der Waals surface area contributed by atoms with Crippen molar-refractivity contribution in [2.45, 2.75) is 32.9 Å². The largest absolute Gasteiger partial charge is 0.377 e. The summed E-state index contributed by atoms with van der Waals surface area (Å²) in [5, 5.41) is 7.22. The van der Waals surface area contributed by atoms with Crippen molar-refractivity contribution < 1.29 is 0 Å². The van der Waals surface area contributed by atoms with Gasteiger partial charge in [0.25, 0.3) is 0 Å². The van der Waals surface area contributed by atoms with Gasteiger partial charge in [0.15, 0.2) is 0 Å². The molecule has 3 aromatic rings. The van der Waals surface area contributed by atoms with Crippen LogP contribution in [-0.4, -0.2) is 16.0 Å². The van der Waals surface area contributed by atoms with Crippen LogP contribution < -0.4 is 11.1 Å². The van der Waals surface area contributed by atoms with E-state index in [0.717, 1.165) is 42.9 Å². The summed E-state index contributed by atoms with van der Waals surface area (Å²) in [6.07, 6.45) is 2.59. The molecular weight excluding hydrogens is 336 g/mol. The van der Waals surface area contributed by atoms with Crippen molar-refractivity contribution in [2.75, 3.05) is 5.32 Å². The summed E-state index contributed by atoms with van der Waals surface area (Å²) < 4.78 is 1.09. The highest BCUT2D eigenvalue weighted by molar-refractivity contribution is 7.20. The molecule has 0 aromatic carbocycles. The van der Waals surface area contributed by atoms with Gasteiger partial charge in [0.05, 0.1) is 22.0 Å². The van der Waals surface area contributed by atoms with Crippen LogP contribution in [0.3, 0.4) is 0 Å². The molecule has 0 aliphatic carbocycles. The summed E-state index contributed by atoms with van der Waals surface area (Å²) >= 11 is 9.81. The zero-order chi connectivity index (χ0) is 15.7. The molecule has 4 nitrogen and oxygen atoms in total. The maximum absolute atomic E-state index is 6.50. The topological polar surface area (TPSA) is 63.8 Å². The molecule has 0 aliphatic heterocycles. The van der Waals surface area contributed by atoms with Gasteiger partial charge in [-0.05, 0) is 26.3 Å². The third-order valence-corrected chi connectivity index (χ3v) is 5.73. The molecule has 3 heterocycles. The van der Waals surface area contributed by atoms with Crippen molar-refractivity contribution in [2.24, 2.45) is 5.73 Å². The minimum Gasteiger partial charge on any atom is -0.377 e. The van der Waals surface area contributed by atoms with Crippen LogP contribution in [-0.2, 0) is 13.0 Å². The van der Waals surface area contributed by atoms with E-state index < -0.39 is 0 Å². The van der Waals surface area contributed by atoms with Gasteiger partial charge in [-0.15, -0.1) is 22.7 Å². The zero-order valence-electron chi connectivity index (χ0n) is 12.4. The number of hydrogen-bond acceptors (Lipinski definition) is 6. The summed E-state index contributed by atoms with van der Waals surface area (Å²) in [6.45, 7) is 4.67. The Hall–Kier alpha value is -1.21. The van der Waals surface area contributed by atoms with Crippen LogP contribution in [0.4, 0.5) is 5.69 Å². The van der Waals surface area contributed by atoms with Crippen molar-refractivity contribution in [3.8, 4) is 0 Å². The van der Waals surface area contributed by atoms with Crippen LogP contribution in [0.1, 0.15) is 22.5 Å². The zero-order valence-corrected chi connectivity index (χ0v) is 14.8. The third kappa shape index (κ3) is 3.25. The molecule has 0 aliphatic rings. The van der Waals surface area contributed by atoms with Gasteiger partial charge in [-0.25, -0.2) is 4.98 Å². The fourth-order valence-corrected chi connectivity index (χ4v) is 4.49. The van der Waals surface area contributed by atoms with Crippen LogP contribution in [0.2, 0.25) is 5.02 Å². The minimum absolute atomic E-state index is 0.0818. The molecule has 116 valence electrons. The molecular formula is C15H17ClN4S2.